The second-order valence-corrected chi connectivity index (χ2v) is 5.33. The van der Waals surface area contributed by atoms with Crippen LogP contribution in [0.4, 0.5) is 14.7 Å². The van der Waals surface area contributed by atoms with Crippen molar-refractivity contribution >= 4 is 5.95 Å². The molecule has 0 bridgehead atoms. The van der Waals surface area contributed by atoms with Crippen LogP contribution in [0.25, 0.3) is 11.3 Å². The van der Waals surface area contributed by atoms with E-state index in [-0.39, 0.29) is 23.9 Å². The Bertz CT molecular complexity index is 981. The number of hydrogen-bond acceptors (Lipinski definition) is 8. The van der Waals surface area contributed by atoms with Crippen LogP contribution in [0.1, 0.15) is 12.6 Å². The van der Waals surface area contributed by atoms with Gasteiger partial charge in [-0.05, 0) is 24.0 Å². The van der Waals surface area contributed by atoms with Crippen molar-refractivity contribution in [3.8, 4) is 22.9 Å². The van der Waals surface area contributed by atoms with Gasteiger partial charge >= 0.3 is 12.6 Å². The first-order chi connectivity index (χ1) is 13.5. The van der Waals surface area contributed by atoms with Gasteiger partial charge < -0.3 is 19.6 Å². The monoisotopic (exact) mass is 392 g/mol. The van der Waals surface area contributed by atoms with Gasteiger partial charge in [0.15, 0.2) is 0 Å². The van der Waals surface area contributed by atoms with Crippen LogP contribution in [0.3, 0.4) is 0 Å². The number of alkyl halides is 2. The normalized spacial score (nSPS) is 10.9. The molecule has 3 aromatic rings. The second kappa shape index (κ2) is 8.33. The van der Waals surface area contributed by atoms with Crippen LogP contribution in [-0.4, -0.2) is 42.9 Å². The first kappa shape index (κ1) is 19.1. The zero-order valence-corrected chi connectivity index (χ0v) is 14.5. The average Bonchev–Trinajstić information content (AvgIpc) is 3.11. The Balaban J connectivity index is 1.98. The number of nitro groups is 1. The molecule has 2 heterocycles. The van der Waals surface area contributed by atoms with E-state index in [1.54, 1.807) is 13.0 Å². The minimum absolute atomic E-state index is 0.0472. The molecule has 146 valence electrons. The summed E-state index contributed by atoms with van der Waals surface area (Å²) in [5.41, 5.74) is 1.05. The first-order valence-corrected chi connectivity index (χ1v) is 8.04. The highest BCUT2D eigenvalue weighted by Crippen LogP contribution is 2.29. The maximum absolute atomic E-state index is 12.5. The SMILES string of the molecule is CCOc1ncc(Cn2ncnc2[N+](=O)[O-])nc1-c1cccc(OC(F)F)c1. The highest BCUT2D eigenvalue weighted by atomic mass is 19.3. The lowest BCUT2D eigenvalue weighted by molar-refractivity contribution is -0.397. The molecule has 12 heteroatoms. The van der Waals surface area contributed by atoms with E-state index in [2.05, 4.69) is 24.8 Å². The topological polar surface area (TPSA) is 118 Å². The van der Waals surface area contributed by atoms with E-state index in [0.717, 1.165) is 11.0 Å². The molecule has 1 aromatic carbocycles. The highest BCUT2D eigenvalue weighted by Gasteiger charge is 2.19. The standard InChI is InChI=1S/C16H14F2N6O4/c1-2-27-14-13(10-4-3-5-12(6-10)28-15(17)18)22-11(7-19-14)8-23-16(24(25)26)20-9-21-23/h3-7,9,15H,2,8H2,1H3. The molecule has 10 nitrogen and oxygen atoms in total. The lowest BCUT2D eigenvalue weighted by Crippen LogP contribution is -2.09. The van der Waals surface area contributed by atoms with Crippen molar-refractivity contribution in [2.45, 2.75) is 20.1 Å². The third-order valence-electron chi connectivity index (χ3n) is 3.47. The molecule has 0 aliphatic carbocycles. The lowest BCUT2D eigenvalue weighted by atomic mass is 10.1. The average molecular weight is 392 g/mol. The fourth-order valence-corrected chi connectivity index (χ4v) is 2.41. The third-order valence-corrected chi connectivity index (χ3v) is 3.47. The maximum Gasteiger partial charge on any atom is 0.455 e. The molecule has 0 fully saturated rings. The van der Waals surface area contributed by atoms with Gasteiger partial charge in [-0.25, -0.2) is 9.97 Å². The second-order valence-electron chi connectivity index (χ2n) is 5.33. The Morgan fingerprint density at radius 2 is 2.14 bits per heavy atom. The van der Waals surface area contributed by atoms with Gasteiger partial charge in [0, 0.05) is 5.56 Å². The van der Waals surface area contributed by atoms with Crippen LogP contribution < -0.4 is 9.47 Å². The van der Waals surface area contributed by atoms with Gasteiger partial charge in [-0.15, -0.1) is 4.68 Å². The van der Waals surface area contributed by atoms with Crippen molar-refractivity contribution in [1.29, 1.82) is 0 Å². The van der Waals surface area contributed by atoms with Crippen LogP contribution in [-0.2, 0) is 6.54 Å². The Labute approximate surface area is 156 Å². The number of ether oxygens (including phenoxy) is 2. The van der Waals surface area contributed by atoms with Gasteiger partial charge in [0.2, 0.25) is 12.2 Å². The molecule has 0 N–H and O–H groups in total. The van der Waals surface area contributed by atoms with Gasteiger partial charge in [-0.3, -0.25) is 0 Å². The van der Waals surface area contributed by atoms with Crippen molar-refractivity contribution in [1.82, 2.24) is 24.7 Å². The maximum atomic E-state index is 12.5. The molecular formula is C16H14F2N6O4. The molecule has 28 heavy (non-hydrogen) atoms. The van der Waals surface area contributed by atoms with Gasteiger partial charge in [0.25, 0.3) is 0 Å². The Kier molecular flexibility index (Phi) is 5.67. The number of aromatic nitrogens is 5. The van der Waals surface area contributed by atoms with Gasteiger partial charge in [-0.2, -0.15) is 8.78 Å². The summed E-state index contributed by atoms with van der Waals surface area (Å²) in [7, 11) is 0. The van der Waals surface area contributed by atoms with E-state index in [0.29, 0.717) is 17.9 Å². The lowest BCUT2D eigenvalue weighted by Gasteiger charge is -2.11. The summed E-state index contributed by atoms with van der Waals surface area (Å²) < 4.78 is 35.9. The van der Waals surface area contributed by atoms with Gasteiger partial charge in [0.05, 0.1) is 18.5 Å². The molecule has 0 amide bonds. The molecule has 0 unspecified atom stereocenters. The summed E-state index contributed by atoms with van der Waals surface area (Å²) >= 11 is 0. The van der Waals surface area contributed by atoms with E-state index in [4.69, 9.17) is 4.74 Å². The van der Waals surface area contributed by atoms with Gasteiger partial charge in [-0.1, -0.05) is 22.2 Å². The summed E-state index contributed by atoms with van der Waals surface area (Å²) in [6.45, 7) is -0.959. The largest absolute Gasteiger partial charge is 0.476 e. The highest BCUT2D eigenvalue weighted by molar-refractivity contribution is 5.66. The van der Waals surface area contributed by atoms with E-state index in [9.17, 15) is 18.9 Å². The molecule has 0 saturated heterocycles. The van der Waals surface area contributed by atoms with Crippen LogP contribution in [0.5, 0.6) is 11.6 Å². The number of hydrogen-bond donors (Lipinski definition) is 0. The first-order valence-electron chi connectivity index (χ1n) is 8.04. The van der Waals surface area contributed by atoms with Crippen LogP contribution >= 0.6 is 0 Å². The number of rotatable bonds is 8. The summed E-state index contributed by atoms with van der Waals surface area (Å²) in [5, 5.41) is 14.8. The van der Waals surface area contributed by atoms with Crippen molar-refractivity contribution in [3.05, 3.63) is 52.6 Å². The summed E-state index contributed by atoms with van der Waals surface area (Å²) in [6.07, 6.45) is 2.45. The van der Waals surface area contributed by atoms with E-state index < -0.39 is 17.5 Å². The van der Waals surface area contributed by atoms with Crippen molar-refractivity contribution in [2.75, 3.05) is 6.61 Å². The third kappa shape index (κ3) is 4.34. The van der Waals surface area contributed by atoms with E-state index in [1.807, 2.05) is 0 Å². The molecule has 0 atom stereocenters. The smallest absolute Gasteiger partial charge is 0.455 e. The zero-order valence-electron chi connectivity index (χ0n) is 14.5. The number of halogens is 2. The predicted molar refractivity (Wildman–Crippen MR) is 91.0 cm³/mol. The Morgan fingerprint density at radius 3 is 2.86 bits per heavy atom. The van der Waals surface area contributed by atoms with Crippen LogP contribution in [0, 0.1) is 10.1 Å². The molecule has 3 rings (SSSR count). The van der Waals surface area contributed by atoms with Gasteiger partial charge in [0.1, 0.15) is 18.0 Å². The Morgan fingerprint density at radius 1 is 1.32 bits per heavy atom. The molecule has 0 radical (unpaired) electrons. The molecular weight excluding hydrogens is 378 g/mol. The fraction of sp³-hybridized carbons (Fsp3) is 0.250. The molecule has 0 spiro atoms. The Hall–Kier alpha value is -3.70. The molecule has 0 aliphatic heterocycles. The van der Waals surface area contributed by atoms with Crippen molar-refractivity contribution in [3.63, 3.8) is 0 Å². The fourth-order valence-electron chi connectivity index (χ4n) is 2.41. The summed E-state index contributed by atoms with van der Waals surface area (Å²) in [5.74, 6) is -0.299. The van der Waals surface area contributed by atoms with Crippen LogP contribution in [0.2, 0.25) is 0 Å². The number of nitrogens with zero attached hydrogens (tertiary/aromatic N) is 6. The predicted octanol–water partition coefficient (Wildman–Crippen LogP) is 2.69. The minimum Gasteiger partial charge on any atom is -0.476 e. The summed E-state index contributed by atoms with van der Waals surface area (Å²) in [6, 6.07) is 5.92. The quantitative estimate of drug-likeness (QED) is 0.424. The van der Waals surface area contributed by atoms with Crippen molar-refractivity contribution < 1.29 is 23.2 Å². The molecule has 2 aromatic heterocycles. The summed E-state index contributed by atoms with van der Waals surface area (Å²) in [4.78, 5) is 22.5. The minimum atomic E-state index is -2.97. The van der Waals surface area contributed by atoms with Crippen molar-refractivity contribution in [2.24, 2.45) is 0 Å². The zero-order chi connectivity index (χ0) is 20.1. The van der Waals surface area contributed by atoms with Crippen LogP contribution in [0.15, 0.2) is 36.8 Å². The number of benzene rings is 1. The molecule has 0 saturated carbocycles. The van der Waals surface area contributed by atoms with E-state index in [1.165, 1.54) is 24.4 Å². The van der Waals surface area contributed by atoms with E-state index >= 15 is 0 Å². The molecule has 0 aliphatic rings.